The Hall–Kier alpha value is -1.88. The lowest BCUT2D eigenvalue weighted by molar-refractivity contribution is 0.102. The predicted octanol–water partition coefficient (Wildman–Crippen LogP) is 3.98. The molecule has 2 aromatic rings. The minimum Gasteiger partial charge on any atom is -0.384 e. The molecule has 0 bridgehead atoms. The van der Waals surface area contributed by atoms with Crippen LogP contribution >= 0.6 is 15.9 Å². The van der Waals surface area contributed by atoms with E-state index in [0.717, 1.165) is 15.9 Å². The van der Waals surface area contributed by atoms with E-state index < -0.39 is 0 Å². The first kappa shape index (κ1) is 15.5. The number of anilines is 2. The van der Waals surface area contributed by atoms with Gasteiger partial charge in [-0.1, -0.05) is 42.8 Å². The van der Waals surface area contributed by atoms with Crippen molar-refractivity contribution in [2.24, 2.45) is 0 Å². The topological polar surface area (TPSA) is 68.0 Å². The van der Waals surface area contributed by atoms with Crippen LogP contribution in [0.3, 0.4) is 0 Å². The average Bonchev–Trinajstić information content (AvgIpc) is 2.37. The van der Waals surface area contributed by atoms with Gasteiger partial charge in [0.05, 0.1) is 0 Å². The number of hydrogen-bond acceptors (Lipinski definition) is 3. The highest BCUT2D eigenvalue weighted by Gasteiger charge is 2.18. The summed E-state index contributed by atoms with van der Waals surface area (Å²) >= 11 is 3.38. The summed E-state index contributed by atoms with van der Waals surface area (Å²) in [6.45, 7) is 6.10. The summed E-state index contributed by atoms with van der Waals surface area (Å²) < 4.78 is 0.907. The maximum atomic E-state index is 12.3. The van der Waals surface area contributed by atoms with E-state index in [9.17, 15) is 4.79 Å². The van der Waals surface area contributed by atoms with Crippen molar-refractivity contribution < 1.29 is 4.79 Å². The van der Waals surface area contributed by atoms with E-state index in [1.165, 1.54) is 0 Å². The van der Waals surface area contributed by atoms with E-state index >= 15 is 0 Å². The van der Waals surface area contributed by atoms with Crippen LogP contribution in [0, 0.1) is 0 Å². The normalized spacial score (nSPS) is 11.2. The van der Waals surface area contributed by atoms with Crippen molar-refractivity contribution in [1.29, 1.82) is 0 Å². The molecule has 1 aromatic heterocycles. The summed E-state index contributed by atoms with van der Waals surface area (Å²) in [5, 5.41) is 2.85. The molecule has 0 saturated carbocycles. The fraction of sp³-hybridized carbons (Fsp3) is 0.250. The van der Waals surface area contributed by atoms with Crippen molar-refractivity contribution in [3.63, 3.8) is 0 Å². The lowest BCUT2D eigenvalue weighted by atomic mass is 9.90. The molecule has 5 heteroatoms. The molecule has 21 heavy (non-hydrogen) atoms. The second-order valence-corrected chi connectivity index (χ2v) is 6.80. The molecule has 0 aliphatic heterocycles. The van der Waals surface area contributed by atoms with Crippen molar-refractivity contribution in [2.45, 2.75) is 26.2 Å². The Labute approximate surface area is 132 Å². The Bertz CT molecular complexity index is 677. The van der Waals surface area contributed by atoms with E-state index in [2.05, 4.69) is 26.2 Å². The van der Waals surface area contributed by atoms with Gasteiger partial charge in [-0.2, -0.15) is 0 Å². The second-order valence-electron chi connectivity index (χ2n) is 5.88. The molecular weight excluding hydrogens is 330 g/mol. The van der Waals surface area contributed by atoms with Crippen molar-refractivity contribution in [3.8, 4) is 0 Å². The van der Waals surface area contributed by atoms with Crippen LogP contribution in [0.15, 0.2) is 40.9 Å². The third kappa shape index (κ3) is 4.04. The summed E-state index contributed by atoms with van der Waals surface area (Å²) in [6.07, 6.45) is 0. The highest BCUT2D eigenvalue weighted by molar-refractivity contribution is 9.10. The number of nitrogens with two attached hydrogens (primary N) is 1. The number of halogens is 1. The molecule has 0 aliphatic carbocycles. The first-order valence-corrected chi connectivity index (χ1v) is 7.40. The molecule has 0 aliphatic rings. The number of hydrogen-bond donors (Lipinski definition) is 2. The largest absolute Gasteiger partial charge is 0.384 e. The van der Waals surface area contributed by atoms with Crippen LogP contribution in [0.2, 0.25) is 0 Å². The molecule has 3 N–H and O–H groups in total. The van der Waals surface area contributed by atoms with E-state index in [0.29, 0.717) is 11.4 Å². The number of nitrogens with one attached hydrogen (secondary N) is 1. The average molecular weight is 348 g/mol. The predicted molar refractivity (Wildman–Crippen MR) is 89.4 cm³/mol. The third-order valence-electron chi connectivity index (χ3n) is 2.96. The number of nitrogens with zero attached hydrogens (tertiary/aromatic N) is 1. The molecule has 1 heterocycles. The molecule has 0 spiro atoms. The molecule has 0 atom stereocenters. The van der Waals surface area contributed by atoms with Gasteiger partial charge >= 0.3 is 0 Å². The van der Waals surface area contributed by atoms with Crippen LogP contribution in [0.1, 0.15) is 36.8 Å². The first-order chi connectivity index (χ1) is 9.75. The van der Waals surface area contributed by atoms with Crippen molar-refractivity contribution in [2.75, 3.05) is 11.1 Å². The monoisotopic (exact) mass is 347 g/mol. The maximum absolute atomic E-state index is 12.3. The van der Waals surface area contributed by atoms with Gasteiger partial charge in [0.25, 0.3) is 5.91 Å². The smallest absolute Gasteiger partial charge is 0.255 e. The Kier molecular flexibility index (Phi) is 4.32. The van der Waals surface area contributed by atoms with E-state index in [1.807, 2.05) is 45.0 Å². The standard InChI is InChI=1S/C16H18BrN3O/c1-16(2,3)13-7-10(8-14(18)20-13)15(21)19-12-6-4-5-11(17)9-12/h4-9H,1-3H3,(H2,18,20)(H,19,21). The minimum absolute atomic E-state index is 0.166. The Morgan fingerprint density at radius 2 is 1.95 bits per heavy atom. The van der Waals surface area contributed by atoms with Gasteiger partial charge in [-0.3, -0.25) is 4.79 Å². The zero-order chi connectivity index (χ0) is 15.6. The fourth-order valence-corrected chi connectivity index (χ4v) is 2.24. The number of carbonyl (C=O) groups excluding carboxylic acids is 1. The molecule has 2 rings (SSSR count). The van der Waals surface area contributed by atoms with Gasteiger partial charge in [0, 0.05) is 26.8 Å². The van der Waals surface area contributed by atoms with Crippen molar-refractivity contribution in [1.82, 2.24) is 4.98 Å². The van der Waals surface area contributed by atoms with Gasteiger partial charge in [0.15, 0.2) is 0 Å². The number of aromatic nitrogens is 1. The molecule has 4 nitrogen and oxygen atoms in total. The molecule has 1 amide bonds. The van der Waals surface area contributed by atoms with Crippen LogP contribution < -0.4 is 11.1 Å². The van der Waals surface area contributed by atoms with Gasteiger partial charge < -0.3 is 11.1 Å². The maximum Gasteiger partial charge on any atom is 0.255 e. The Balaban J connectivity index is 2.29. The van der Waals surface area contributed by atoms with Gasteiger partial charge in [-0.05, 0) is 30.3 Å². The zero-order valence-electron chi connectivity index (χ0n) is 12.3. The summed E-state index contributed by atoms with van der Waals surface area (Å²) in [7, 11) is 0. The summed E-state index contributed by atoms with van der Waals surface area (Å²) in [4.78, 5) is 16.6. The second kappa shape index (κ2) is 5.85. The summed E-state index contributed by atoms with van der Waals surface area (Å²) in [6, 6.07) is 10.8. The van der Waals surface area contributed by atoms with E-state index in [1.54, 1.807) is 12.1 Å². The number of benzene rings is 1. The van der Waals surface area contributed by atoms with Crippen LogP contribution in [0.25, 0.3) is 0 Å². The van der Waals surface area contributed by atoms with Crippen LogP contribution in [0.5, 0.6) is 0 Å². The number of amides is 1. The van der Waals surface area contributed by atoms with E-state index in [4.69, 9.17) is 5.73 Å². The zero-order valence-corrected chi connectivity index (χ0v) is 13.9. The van der Waals surface area contributed by atoms with Crippen molar-refractivity contribution >= 4 is 33.3 Å². The summed E-state index contributed by atoms with van der Waals surface area (Å²) in [5.41, 5.74) is 7.67. The Morgan fingerprint density at radius 3 is 2.57 bits per heavy atom. The first-order valence-electron chi connectivity index (χ1n) is 6.61. The highest BCUT2D eigenvalue weighted by Crippen LogP contribution is 2.23. The molecule has 0 radical (unpaired) electrons. The number of carbonyl (C=O) groups is 1. The van der Waals surface area contributed by atoms with Crippen LogP contribution in [-0.2, 0) is 5.41 Å². The number of rotatable bonds is 2. The molecule has 1 aromatic carbocycles. The fourth-order valence-electron chi connectivity index (χ4n) is 1.84. The molecule has 0 fully saturated rings. The number of nitrogen functional groups attached to an aromatic ring is 1. The summed E-state index contributed by atoms with van der Waals surface area (Å²) in [5.74, 6) is 0.148. The Morgan fingerprint density at radius 1 is 1.24 bits per heavy atom. The SMILES string of the molecule is CC(C)(C)c1cc(C(=O)Nc2cccc(Br)c2)cc(N)n1. The van der Waals surface area contributed by atoms with Gasteiger partial charge in [-0.15, -0.1) is 0 Å². The lowest BCUT2D eigenvalue weighted by Crippen LogP contribution is -2.18. The molecular formula is C16H18BrN3O. The highest BCUT2D eigenvalue weighted by atomic mass is 79.9. The van der Waals surface area contributed by atoms with Gasteiger partial charge in [0.2, 0.25) is 0 Å². The van der Waals surface area contributed by atoms with Crippen molar-refractivity contribution in [3.05, 3.63) is 52.1 Å². The third-order valence-corrected chi connectivity index (χ3v) is 3.45. The molecule has 0 saturated heterocycles. The number of pyridine rings is 1. The van der Waals surface area contributed by atoms with Gasteiger partial charge in [0.1, 0.15) is 5.82 Å². The van der Waals surface area contributed by atoms with Gasteiger partial charge in [-0.25, -0.2) is 4.98 Å². The quantitative estimate of drug-likeness (QED) is 0.863. The molecule has 0 unspecified atom stereocenters. The lowest BCUT2D eigenvalue weighted by Gasteiger charge is -2.19. The van der Waals surface area contributed by atoms with Crippen LogP contribution in [0.4, 0.5) is 11.5 Å². The van der Waals surface area contributed by atoms with Crippen LogP contribution in [-0.4, -0.2) is 10.9 Å². The van der Waals surface area contributed by atoms with E-state index in [-0.39, 0.29) is 11.3 Å². The minimum atomic E-state index is -0.201. The molecule has 110 valence electrons.